The third kappa shape index (κ3) is 3.64. The van der Waals surface area contributed by atoms with E-state index in [-0.39, 0.29) is 6.10 Å². The lowest BCUT2D eigenvalue weighted by Gasteiger charge is -2.23. The molecule has 2 atom stereocenters. The summed E-state index contributed by atoms with van der Waals surface area (Å²) in [6.45, 7) is 9.26. The molecule has 0 amide bonds. The molecule has 2 rings (SSSR count). The number of hydrogen-bond acceptors (Lipinski definition) is 5. The Balaban J connectivity index is 2.28. The number of nitrogens with zero attached hydrogens (tertiary/aromatic N) is 2. The Morgan fingerprint density at radius 2 is 1.95 bits per heavy atom. The molecule has 5 heteroatoms. The molecule has 118 valence electrons. The van der Waals surface area contributed by atoms with Gasteiger partial charge in [0, 0.05) is 25.1 Å². The first-order valence-electron chi connectivity index (χ1n) is 7.98. The van der Waals surface area contributed by atoms with Crippen LogP contribution in [-0.2, 0) is 4.74 Å². The predicted octanol–water partition coefficient (Wildman–Crippen LogP) is 3.32. The standard InChI is InChI=1S/C16H28N4O/c1-6-17-15-11(4)16(20-14(19-15)10(2)3)18-12-8-7-9-13(12)21-5/h10,12-13H,6-9H2,1-5H3,(H2,17,18,19,20). The molecule has 2 N–H and O–H groups in total. The molecule has 21 heavy (non-hydrogen) atoms. The minimum atomic E-state index is 0.282. The second-order valence-electron chi connectivity index (χ2n) is 6.04. The molecule has 1 fully saturated rings. The van der Waals surface area contributed by atoms with Crippen LogP contribution in [0.15, 0.2) is 0 Å². The van der Waals surface area contributed by atoms with Gasteiger partial charge in [-0.2, -0.15) is 0 Å². The van der Waals surface area contributed by atoms with Crippen LogP contribution in [-0.4, -0.2) is 35.8 Å². The smallest absolute Gasteiger partial charge is 0.135 e. The third-order valence-corrected chi connectivity index (χ3v) is 4.10. The van der Waals surface area contributed by atoms with Gasteiger partial charge in [0.25, 0.3) is 0 Å². The topological polar surface area (TPSA) is 59.1 Å². The fourth-order valence-electron chi connectivity index (χ4n) is 2.82. The molecular weight excluding hydrogens is 264 g/mol. The molecule has 0 aromatic carbocycles. The van der Waals surface area contributed by atoms with Gasteiger partial charge in [0.05, 0.1) is 12.1 Å². The first-order valence-corrected chi connectivity index (χ1v) is 7.98. The van der Waals surface area contributed by atoms with Crippen LogP contribution in [0, 0.1) is 6.92 Å². The number of nitrogens with one attached hydrogen (secondary N) is 2. The molecule has 0 aliphatic heterocycles. The van der Waals surface area contributed by atoms with Crippen molar-refractivity contribution in [1.29, 1.82) is 0 Å². The van der Waals surface area contributed by atoms with Crippen molar-refractivity contribution in [2.45, 2.75) is 65.0 Å². The Hall–Kier alpha value is -1.36. The lowest BCUT2D eigenvalue weighted by Crippen LogP contribution is -2.30. The van der Waals surface area contributed by atoms with E-state index in [2.05, 4.69) is 43.3 Å². The van der Waals surface area contributed by atoms with Crippen molar-refractivity contribution in [2.24, 2.45) is 0 Å². The lowest BCUT2D eigenvalue weighted by atomic mass is 10.1. The van der Waals surface area contributed by atoms with E-state index >= 15 is 0 Å². The van der Waals surface area contributed by atoms with E-state index in [1.54, 1.807) is 7.11 Å². The van der Waals surface area contributed by atoms with E-state index in [0.717, 1.165) is 42.4 Å². The molecule has 0 saturated heterocycles. The summed E-state index contributed by atoms with van der Waals surface area (Å²) in [5.41, 5.74) is 1.09. The van der Waals surface area contributed by atoms with Gasteiger partial charge in [0.1, 0.15) is 17.5 Å². The van der Waals surface area contributed by atoms with Crippen molar-refractivity contribution in [3.05, 3.63) is 11.4 Å². The molecule has 1 saturated carbocycles. The van der Waals surface area contributed by atoms with E-state index in [4.69, 9.17) is 9.72 Å². The van der Waals surface area contributed by atoms with Gasteiger partial charge in [-0.15, -0.1) is 0 Å². The summed E-state index contributed by atoms with van der Waals surface area (Å²) in [7, 11) is 1.79. The van der Waals surface area contributed by atoms with Crippen LogP contribution >= 0.6 is 0 Å². The predicted molar refractivity (Wildman–Crippen MR) is 87.1 cm³/mol. The molecule has 1 aliphatic rings. The molecule has 5 nitrogen and oxygen atoms in total. The van der Waals surface area contributed by atoms with Crippen LogP contribution in [0.2, 0.25) is 0 Å². The number of ether oxygens (including phenoxy) is 1. The highest BCUT2D eigenvalue weighted by Gasteiger charge is 2.28. The number of anilines is 2. The maximum Gasteiger partial charge on any atom is 0.135 e. The Morgan fingerprint density at radius 3 is 2.57 bits per heavy atom. The fourth-order valence-corrected chi connectivity index (χ4v) is 2.82. The highest BCUT2D eigenvalue weighted by molar-refractivity contribution is 5.58. The van der Waals surface area contributed by atoms with E-state index in [9.17, 15) is 0 Å². The molecule has 0 radical (unpaired) electrons. The Labute approximate surface area is 127 Å². The minimum absolute atomic E-state index is 0.282. The number of aromatic nitrogens is 2. The zero-order valence-electron chi connectivity index (χ0n) is 13.9. The molecule has 1 aromatic heterocycles. The van der Waals surface area contributed by atoms with Crippen LogP contribution in [0.25, 0.3) is 0 Å². The molecule has 1 aliphatic carbocycles. The maximum atomic E-state index is 5.57. The van der Waals surface area contributed by atoms with Gasteiger partial charge in [-0.05, 0) is 33.1 Å². The summed E-state index contributed by atoms with van der Waals surface area (Å²) in [6, 6.07) is 0.345. The number of methoxy groups -OCH3 is 1. The average Bonchev–Trinajstić information content (AvgIpc) is 2.90. The summed E-state index contributed by atoms with van der Waals surface area (Å²) >= 11 is 0. The average molecular weight is 292 g/mol. The normalized spacial score (nSPS) is 21.8. The minimum Gasteiger partial charge on any atom is -0.379 e. The van der Waals surface area contributed by atoms with Crippen LogP contribution in [0.5, 0.6) is 0 Å². The summed E-state index contributed by atoms with van der Waals surface area (Å²) in [5.74, 6) is 3.07. The van der Waals surface area contributed by atoms with Gasteiger partial charge < -0.3 is 15.4 Å². The number of hydrogen-bond donors (Lipinski definition) is 2. The third-order valence-electron chi connectivity index (χ3n) is 4.10. The van der Waals surface area contributed by atoms with Crippen LogP contribution in [0.3, 0.4) is 0 Å². The van der Waals surface area contributed by atoms with Crippen LogP contribution in [0.1, 0.15) is 57.3 Å². The van der Waals surface area contributed by atoms with Crippen molar-refractivity contribution in [2.75, 3.05) is 24.3 Å². The molecule has 1 aromatic rings. The monoisotopic (exact) mass is 292 g/mol. The second-order valence-corrected chi connectivity index (χ2v) is 6.04. The maximum absolute atomic E-state index is 5.57. The highest BCUT2D eigenvalue weighted by atomic mass is 16.5. The summed E-state index contributed by atoms with van der Waals surface area (Å²) < 4.78 is 5.57. The zero-order valence-corrected chi connectivity index (χ0v) is 13.9. The summed E-state index contributed by atoms with van der Waals surface area (Å²) in [5, 5.41) is 6.93. The summed E-state index contributed by atoms with van der Waals surface area (Å²) in [6.07, 6.45) is 3.74. The quantitative estimate of drug-likeness (QED) is 0.842. The van der Waals surface area contributed by atoms with Crippen molar-refractivity contribution >= 4 is 11.6 Å². The zero-order chi connectivity index (χ0) is 15.4. The van der Waals surface area contributed by atoms with Crippen molar-refractivity contribution in [3.8, 4) is 0 Å². The molecule has 2 unspecified atom stereocenters. The molecule has 0 spiro atoms. The van der Waals surface area contributed by atoms with Crippen molar-refractivity contribution in [1.82, 2.24) is 9.97 Å². The van der Waals surface area contributed by atoms with Gasteiger partial charge in [0.2, 0.25) is 0 Å². The van der Waals surface area contributed by atoms with E-state index in [0.29, 0.717) is 12.0 Å². The van der Waals surface area contributed by atoms with Crippen LogP contribution in [0.4, 0.5) is 11.6 Å². The second kappa shape index (κ2) is 7.07. The Bertz CT molecular complexity index is 476. The van der Waals surface area contributed by atoms with Crippen molar-refractivity contribution in [3.63, 3.8) is 0 Å². The fraction of sp³-hybridized carbons (Fsp3) is 0.750. The van der Waals surface area contributed by atoms with E-state index in [1.807, 2.05) is 0 Å². The molecular formula is C16H28N4O. The van der Waals surface area contributed by atoms with E-state index < -0.39 is 0 Å². The Kier molecular flexibility index (Phi) is 5.39. The lowest BCUT2D eigenvalue weighted by molar-refractivity contribution is 0.101. The molecule has 0 bridgehead atoms. The van der Waals surface area contributed by atoms with Crippen LogP contribution < -0.4 is 10.6 Å². The first kappa shape index (κ1) is 16.0. The van der Waals surface area contributed by atoms with Crippen molar-refractivity contribution < 1.29 is 4.74 Å². The van der Waals surface area contributed by atoms with Gasteiger partial charge in [-0.1, -0.05) is 13.8 Å². The summed E-state index contributed by atoms with van der Waals surface area (Å²) in [4.78, 5) is 9.37. The highest BCUT2D eigenvalue weighted by Crippen LogP contribution is 2.28. The number of rotatable bonds is 6. The van der Waals surface area contributed by atoms with Gasteiger partial charge in [-0.25, -0.2) is 9.97 Å². The largest absolute Gasteiger partial charge is 0.379 e. The van der Waals surface area contributed by atoms with Gasteiger partial charge in [0.15, 0.2) is 0 Å². The van der Waals surface area contributed by atoms with E-state index in [1.165, 1.54) is 6.42 Å². The molecule has 1 heterocycles. The SMILES string of the molecule is CCNc1nc(C(C)C)nc(NC2CCCC2OC)c1C. The van der Waals surface area contributed by atoms with Gasteiger partial charge in [-0.3, -0.25) is 0 Å². The Morgan fingerprint density at radius 1 is 1.24 bits per heavy atom. The van der Waals surface area contributed by atoms with Gasteiger partial charge >= 0.3 is 0 Å². The first-order chi connectivity index (χ1) is 10.1.